The third kappa shape index (κ3) is 3.82. The van der Waals surface area contributed by atoms with Crippen LogP contribution in [0.25, 0.3) is 0 Å². The van der Waals surface area contributed by atoms with Crippen molar-refractivity contribution >= 4 is 23.6 Å². The van der Waals surface area contributed by atoms with E-state index in [2.05, 4.69) is 5.32 Å². The second kappa shape index (κ2) is 7.74. The lowest BCUT2D eigenvalue weighted by Crippen LogP contribution is -2.67. The molecule has 146 valence electrons. The van der Waals surface area contributed by atoms with Gasteiger partial charge in [0.05, 0.1) is 12.5 Å². The van der Waals surface area contributed by atoms with E-state index in [1.165, 1.54) is 0 Å². The highest BCUT2D eigenvalue weighted by Gasteiger charge is 2.52. The SMILES string of the molecule is COc1cccc(CC2(C(=O)NC3CCSC3)CN(C(=O)C3CCC3)C2)c1. The molecule has 0 aromatic heterocycles. The molecule has 1 aromatic rings. The summed E-state index contributed by atoms with van der Waals surface area (Å²) in [5.74, 6) is 3.44. The average molecular weight is 389 g/mol. The van der Waals surface area contributed by atoms with Crippen LogP contribution >= 0.6 is 11.8 Å². The summed E-state index contributed by atoms with van der Waals surface area (Å²) in [6, 6.07) is 8.18. The van der Waals surface area contributed by atoms with Crippen molar-refractivity contribution < 1.29 is 14.3 Å². The molecule has 5 nitrogen and oxygen atoms in total. The number of rotatable bonds is 6. The van der Waals surface area contributed by atoms with E-state index in [0.717, 1.165) is 48.5 Å². The van der Waals surface area contributed by atoms with Gasteiger partial charge in [0.2, 0.25) is 11.8 Å². The number of nitrogens with zero attached hydrogens (tertiary/aromatic N) is 1. The first kappa shape index (κ1) is 18.7. The molecule has 4 rings (SSSR count). The van der Waals surface area contributed by atoms with Gasteiger partial charge in [-0.25, -0.2) is 0 Å². The normalized spacial score (nSPS) is 24.0. The summed E-state index contributed by atoms with van der Waals surface area (Å²) in [6.07, 6.45) is 4.84. The molecule has 0 spiro atoms. The van der Waals surface area contributed by atoms with Crippen molar-refractivity contribution in [2.24, 2.45) is 11.3 Å². The van der Waals surface area contributed by atoms with Crippen LogP contribution in [0, 0.1) is 11.3 Å². The smallest absolute Gasteiger partial charge is 0.230 e. The lowest BCUT2D eigenvalue weighted by atomic mass is 9.72. The molecule has 1 unspecified atom stereocenters. The summed E-state index contributed by atoms with van der Waals surface area (Å²) in [6.45, 7) is 1.07. The van der Waals surface area contributed by atoms with E-state index >= 15 is 0 Å². The first-order valence-corrected chi connectivity index (χ1v) is 11.1. The molecule has 1 aromatic carbocycles. The van der Waals surface area contributed by atoms with Crippen molar-refractivity contribution in [2.45, 2.75) is 38.1 Å². The van der Waals surface area contributed by atoms with Crippen LogP contribution in [0.5, 0.6) is 5.75 Å². The molecule has 0 bridgehead atoms. The van der Waals surface area contributed by atoms with Gasteiger partial charge in [-0.2, -0.15) is 11.8 Å². The van der Waals surface area contributed by atoms with Crippen LogP contribution in [0.4, 0.5) is 0 Å². The van der Waals surface area contributed by atoms with Crippen LogP contribution in [-0.4, -0.2) is 54.5 Å². The molecule has 0 radical (unpaired) electrons. The summed E-state index contributed by atoms with van der Waals surface area (Å²) >= 11 is 1.89. The van der Waals surface area contributed by atoms with Gasteiger partial charge in [-0.15, -0.1) is 0 Å². The number of methoxy groups -OCH3 is 1. The number of hydrogen-bond acceptors (Lipinski definition) is 4. The fourth-order valence-electron chi connectivity index (χ4n) is 4.25. The van der Waals surface area contributed by atoms with Crippen LogP contribution in [-0.2, 0) is 16.0 Å². The molecule has 6 heteroatoms. The number of carbonyl (C=O) groups is 2. The highest BCUT2D eigenvalue weighted by Crippen LogP contribution is 2.39. The summed E-state index contributed by atoms with van der Waals surface area (Å²) < 4.78 is 5.33. The third-order valence-corrected chi connectivity index (χ3v) is 7.34. The summed E-state index contributed by atoms with van der Waals surface area (Å²) in [7, 11) is 1.65. The number of nitrogens with one attached hydrogen (secondary N) is 1. The van der Waals surface area contributed by atoms with Crippen LogP contribution in [0.2, 0.25) is 0 Å². The maximum atomic E-state index is 13.2. The van der Waals surface area contributed by atoms with Gasteiger partial charge in [0.1, 0.15) is 5.75 Å². The Morgan fingerprint density at radius 3 is 2.74 bits per heavy atom. The molecule has 1 atom stereocenters. The van der Waals surface area contributed by atoms with E-state index in [0.29, 0.717) is 19.5 Å². The molecule has 27 heavy (non-hydrogen) atoms. The zero-order chi connectivity index (χ0) is 18.9. The number of amides is 2. The molecule has 2 aliphatic heterocycles. The molecule has 2 amide bonds. The Kier molecular flexibility index (Phi) is 5.35. The second-order valence-corrected chi connectivity index (χ2v) is 9.31. The lowest BCUT2D eigenvalue weighted by molar-refractivity contribution is -0.158. The maximum Gasteiger partial charge on any atom is 0.230 e. The van der Waals surface area contributed by atoms with Gasteiger partial charge < -0.3 is 15.0 Å². The first-order chi connectivity index (χ1) is 13.1. The van der Waals surface area contributed by atoms with E-state index in [-0.39, 0.29) is 23.8 Å². The minimum Gasteiger partial charge on any atom is -0.497 e. The standard InChI is InChI=1S/C21H28N2O3S/c1-26-18-7-2-4-15(10-18)11-21(20(25)22-17-8-9-27-12-17)13-23(14-21)19(24)16-5-3-6-16/h2,4,7,10,16-17H,3,5-6,8-9,11-14H2,1H3,(H,22,25). The van der Waals surface area contributed by atoms with Crippen LogP contribution in [0.3, 0.4) is 0 Å². The van der Waals surface area contributed by atoms with Crippen molar-refractivity contribution in [3.63, 3.8) is 0 Å². The van der Waals surface area contributed by atoms with Gasteiger partial charge >= 0.3 is 0 Å². The fourth-order valence-corrected chi connectivity index (χ4v) is 5.40. The highest BCUT2D eigenvalue weighted by atomic mass is 32.2. The van der Waals surface area contributed by atoms with Crippen molar-refractivity contribution in [3.8, 4) is 5.75 Å². The molecule has 1 aliphatic carbocycles. The Morgan fingerprint density at radius 2 is 2.11 bits per heavy atom. The first-order valence-electron chi connectivity index (χ1n) is 9.90. The monoisotopic (exact) mass is 388 g/mol. The Labute approximate surface area is 165 Å². The number of ether oxygens (including phenoxy) is 1. The Hall–Kier alpha value is -1.69. The topological polar surface area (TPSA) is 58.6 Å². The highest BCUT2D eigenvalue weighted by molar-refractivity contribution is 7.99. The minimum atomic E-state index is -0.515. The van der Waals surface area contributed by atoms with Gasteiger partial charge in [0, 0.05) is 30.8 Å². The van der Waals surface area contributed by atoms with Gasteiger partial charge in [0.15, 0.2) is 0 Å². The molecule has 1 N–H and O–H groups in total. The quantitative estimate of drug-likeness (QED) is 0.813. The molecule has 3 aliphatic rings. The van der Waals surface area contributed by atoms with Gasteiger partial charge in [-0.05, 0) is 49.1 Å². The predicted octanol–water partition coefficient (Wildman–Crippen LogP) is 2.49. The van der Waals surface area contributed by atoms with Gasteiger partial charge in [-0.1, -0.05) is 18.6 Å². The zero-order valence-corrected chi connectivity index (χ0v) is 16.7. The Morgan fingerprint density at radius 1 is 1.30 bits per heavy atom. The van der Waals surface area contributed by atoms with Gasteiger partial charge in [-0.3, -0.25) is 9.59 Å². The van der Waals surface area contributed by atoms with Crippen LogP contribution in [0.1, 0.15) is 31.2 Å². The van der Waals surface area contributed by atoms with Crippen molar-refractivity contribution in [3.05, 3.63) is 29.8 Å². The molecule has 2 saturated heterocycles. The molecular formula is C21H28N2O3S. The zero-order valence-electron chi connectivity index (χ0n) is 15.9. The van der Waals surface area contributed by atoms with E-state index in [1.807, 2.05) is 40.9 Å². The summed E-state index contributed by atoms with van der Waals surface area (Å²) in [4.78, 5) is 27.7. The third-order valence-electron chi connectivity index (χ3n) is 6.18. The lowest BCUT2D eigenvalue weighted by Gasteiger charge is -2.51. The van der Waals surface area contributed by atoms with Crippen LogP contribution < -0.4 is 10.1 Å². The molecule has 3 fully saturated rings. The van der Waals surface area contributed by atoms with Crippen molar-refractivity contribution in [1.29, 1.82) is 0 Å². The van der Waals surface area contributed by atoms with Gasteiger partial charge in [0.25, 0.3) is 0 Å². The largest absolute Gasteiger partial charge is 0.497 e. The number of carbonyl (C=O) groups excluding carboxylic acids is 2. The number of hydrogen-bond donors (Lipinski definition) is 1. The average Bonchev–Trinajstić information content (AvgIpc) is 3.09. The minimum absolute atomic E-state index is 0.107. The van der Waals surface area contributed by atoms with Crippen LogP contribution in [0.15, 0.2) is 24.3 Å². The predicted molar refractivity (Wildman–Crippen MR) is 107 cm³/mol. The number of thioether (sulfide) groups is 1. The van der Waals surface area contributed by atoms with E-state index in [1.54, 1.807) is 7.11 Å². The maximum absolute atomic E-state index is 13.2. The number of benzene rings is 1. The molecule has 1 saturated carbocycles. The summed E-state index contributed by atoms with van der Waals surface area (Å²) in [5.41, 5.74) is 0.569. The van der Waals surface area contributed by atoms with Crippen molar-refractivity contribution in [1.82, 2.24) is 10.2 Å². The molecule has 2 heterocycles. The number of likely N-dealkylation sites (tertiary alicyclic amines) is 1. The van der Waals surface area contributed by atoms with Crippen molar-refractivity contribution in [2.75, 3.05) is 31.7 Å². The Bertz CT molecular complexity index is 707. The van der Waals surface area contributed by atoms with E-state index in [9.17, 15) is 9.59 Å². The second-order valence-electron chi connectivity index (χ2n) is 8.16. The fraction of sp³-hybridized carbons (Fsp3) is 0.619. The Balaban J connectivity index is 1.48. The summed E-state index contributed by atoms with van der Waals surface area (Å²) in [5, 5.41) is 3.26. The molecular weight excluding hydrogens is 360 g/mol. The van der Waals surface area contributed by atoms with E-state index < -0.39 is 5.41 Å². The van der Waals surface area contributed by atoms with E-state index in [4.69, 9.17) is 4.74 Å².